The van der Waals surface area contributed by atoms with Crippen LogP contribution in [-0.4, -0.2) is 10.2 Å². The first-order valence-corrected chi connectivity index (χ1v) is 13.5. The van der Waals surface area contributed by atoms with Crippen molar-refractivity contribution in [1.82, 2.24) is 0 Å². The van der Waals surface area contributed by atoms with E-state index in [1.54, 1.807) is 5.56 Å². The van der Waals surface area contributed by atoms with E-state index in [1.807, 2.05) is 12.1 Å². The van der Waals surface area contributed by atoms with Crippen LogP contribution < -0.4 is 0 Å². The van der Waals surface area contributed by atoms with E-state index in [0.29, 0.717) is 10.8 Å². The average Bonchev–Trinajstić information content (AvgIpc) is 2.72. The highest BCUT2D eigenvalue weighted by Crippen LogP contribution is 2.64. The van der Waals surface area contributed by atoms with Gasteiger partial charge in [-0.3, -0.25) is 0 Å². The van der Waals surface area contributed by atoms with Crippen LogP contribution in [0.3, 0.4) is 0 Å². The Labute approximate surface area is 191 Å². The molecule has 8 aliphatic rings. The molecule has 0 atom stereocenters. The van der Waals surface area contributed by atoms with Crippen LogP contribution in [0.1, 0.15) is 88.2 Å². The zero-order valence-electron chi connectivity index (χ0n) is 19.2. The first kappa shape index (κ1) is 18.7. The number of hydrogen-bond acceptors (Lipinski definition) is 2. The minimum Gasteiger partial charge on any atom is -0.504 e. The van der Waals surface area contributed by atoms with Gasteiger partial charge in [0.2, 0.25) is 0 Å². The molecule has 2 heteroatoms. The highest BCUT2D eigenvalue weighted by atomic mass is 16.3. The summed E-state index contributed by atoms with van der Waals surface area (Å²) in [7, 11) is 0. The van der Waals surface area contributed by atoms with Crippen LogP contribution in [0.4, 0.5) is 0 Å². The van der Waals surface area contributed by atoms with Crippen LogP contribution in [0, 0.1) is 35.5 Å². The summed E-state index contributed by atoms with van der Waals surface area (Å²) in [5.74, 6) is 5.62. The fourth-order valence-corrected chi connectivity index (χ4v) is 11.0. The van der Waals surface area contributed by atoms with Crippen LogP contribution in [0.25, 0.3) is 10.8 Å². The molecule has 2 aromatic carbocycles. The van der Waals surface area contributed by atoms with Gasteiger partial charge in [-0.1, -0.05) is 12.1 Å². The predicted molar refractivity (Wildman–Crippen MR) is 127 cm³/mol. The van der Waals surface area contributed by atoms with Gasteiger partial charge in [0, 0.05) is 0 Å². The smallest absolute Gasteiger partial charge is 0.158 e. The molecule has 0 aliphatic heterocycles. The predicted octanol–water partition coefficient (Wildman–Crippen LogP) is 7.19. The molecule has 0 aromatic heterocycles. The summed E-state index contributed by atoms with van der Waals surface area (Å²) in [6.45, 7) is 0. The molecule has 0 amide bonds. The normalized spacial score (nSPS) is 45.8. The molecule has 8 fully saturated rings. The SMILES string of the molecule is Oc1cc2cc(C34CC5CC(CC(C5)C3)C4)cc(C34CC5CC(CC(C5)C3)C4)c2cc1O. The Kier molecular flexibility index (Phi) is 3.53. The summed E-state index contributed by atoms with van der Waals surface area (Å²) in [5.41, 5.74) is 3.79. The van der Waals surface area contributed by atoms with E-state index in [0.717, 1.165) is 35.5 Å². The van der Waals surface area contributed by atoms with Crippen molar-refractivity contribution < 1.29 is 10.2 Å². The van der Waals surface area contributed by atoms with Gasteiger partial charge < -0.3 is 10.2 Å². The highest BCUT2D eigenvalue weighted by molar-refractivity contribution is 5.90. The average molecular weight is 429 g/mol. The first-order valence-electron chi connectivity index (χ1n) is 13.5. The molecule has 0 spiro atoms. The molecule has 2 N–H and O–H groups in total. The van der Waals surface area contributed by atoms with Gasteiger partial charge in [0.05, 0.1) is 0 Å². The monoisotopic (exact) mass is 428 g/mol. The van der Waals surface area contributed by atoms with E-state index in [9.17, 15) is 10.2 Å². The fourth-order valence-electron chi connectivity index (χ4n) is 11.0. The molecule has 2 nitrogen and oxygen atoms in total. The number of benzene rings is 2. The zero-order chi connectivity index (χ0) is 21.2. The van der Waals surface area contributed by atoms with Crippen molar-refractivity contribution in [3.05, 3.63) is 35.4 Å². The summed E-state index contributed by atoms with van der Waals surface area (Å²) in [5, 5.41) is 23.3. The van der Waals surface area contributed by atoms with Gasteiger partial charge in [0.1, 0.15) is 0 Å². The molecular weight excluding hydrogens is 392 g/mol. The Morgan fingerprint density at radius 2 is 0.969 bits per heavy atom. The quantitative estimate of drug-likeness (QED) is 0.497. The maximum atomic E-state index is 10.5. The van der Waals surface area contributed by atoms with Crippen molar-refractivity contribution in [2.75, 3.05) is 0 Å². The third-order valence-corrected chi connectivity index (χ3v) is 11.3. The van der Waals surface area contributed by atoms with Crippen molar-refractivity contribution in [2.24, 2.45) is 35.5 Å². The van der Waals surface area contributed by atoms with Crippen molar-refractivity contribution in [2.45, 2.75) is 87.9 Å². The standard InChI is InChI=1S/C30H36O2/c31-27-8-23-7-24(29-11-17-1-18(12-29)3-19(2-17)13-29)9-26(25(23)10-28(27)32)30-14-20-4-21(15-30)6-22(5-20)16-30/h7-10,17-22,31-32H,1-6,11-16H2. The number of rotatable bonds is 2. The van der Waals surface area contributed by atoms with E-state index in [1.165, 1.54) is 93.4 Å². The lowest BCUT2D eigenvalue weighted by Gasteiger charge is -2.58. The molecule has 0 saturated heterocycles. The topological polar surface area (TPSA) is 40.5 Å². The lowest BCUT2D eigenvalue weighted by Crippen LogP contribution is -2.50. The Hall–Kier alpha value is -1.70. The van der Waals surface area contributed by atoms with Crippen molar-refractivity contribution in [3.63, 3.8) is 0 Å². The summed E-state index contributed by atoms with van der Waals surface area (Å²) in [6.07, 6.45) is 17.0. The summed E-state index contributed by atoms with van der Waals surface area (Å²) in [6, 6.07) is 8.82. The lowest BCUT2D eigenvalue weighted by atomic mass is 9.46. The van der Waals surface area contributed by atoms with Crippen molar-refractivity contribution >= 4 is 10.8 Å². The van der Waals surface area contributed by atoms with Gasteiger partial charge in [0.15, 0.2) is 11.5 Å². The maximum Gasteiger partial charge on any atom is 0.158 e. The lowest BCUT2D eigenvalue weighted by molar-refractivity contribution is -0.00787. The third kappa shape index (κ3) is 2.48. The number of phenols is 2. The second-order valence-corrected chi connectivity index (χ2v) is 13.5. The van der Waals surface area contributed by atoms with E-state index in [-0.39, 0.29) is 11.5 Å². The second-order valence-electron chi connectivity index (χ2n) is 13.5. The molecule has 8 bridgehead atoms. The van der Waals surface area contributed by atoms with Gasteiger partial charge >= 0.3 is 0 Å². The first-order chi connectivity index (χ1) is 15.5. The van der Waals surface area contributed by atoms with Gasteiger partial charge in [-0.2, -0.15) is 0 Å². The second kappa shape index (κ2) is 6.05. The molecule has 8 aliphatic carbocycles. The Bertz CT molecular complexity index is 1060. The van der Waals surface area contributed by atoms with Crippen molar-refractivity contribution in [1.29, 1.82) is 0 Å². The maximum absolute atomic E-state index is 10.5. The van der Waals surface area contributed by atoms with E-state index >= 15 is 0 Å². The van der Waals surface area contributed by atoms with Gasteiger partial charge in [0.25, 0.3) is 0 Å². The largest absolute Gasteiger partial charge is 0.504 e. The Morgan fingerprint density at radius 1 is 0.531 bits per heavy atom. The summed E-state index contributed by atoms with van der Waals surface area (Å²) < 4.78 is 0. The highest BCUT2D eigenvalue weighted by Gasteiger charge is 2.54. The minimum absolute atomic E-state index is 0.0385. The van der Waals surface area contributed by atoms with Crippen LogP contribution in [-0.2, 0) is 10.8 Å². The van der Waals surface area contributed by atoms with Crippen LogP contribution >= 0.6 is 0 Å². The molecule has 0 heterocycles. The van der Waals surface area contributed by atoms with Crippen LogP contribution in [0.15, 0.2) is 24.3 Å². The molecule has 168 valence electrons. The van der Waals surface area contributed by atoms with Gasteiger partial charge in [-0.05, 0) is 157 Å². The number of hydrogen-bond donors (Lipinski definition) is 2. The number of phenolic OH excluding ortho intramolecular Hbond substituents is 2. The number of fused-ring (bicyclic) bond motifs is 1. The minimum atomic E-state index is 0.0385. The molecule has 2 aromatic rings. The molecule has 0 unspecified atom stereocenters. The van der Waals surface area contributed by atoms with Gasteiger partial charge in [-0.15, -0.1) is 0 Å². The number of aromatic hydroxyl groups is 2. The van der Waals surface area contributed by atoms with Crippen molar-refractivity contribution in [3.8, 4) is 11.5 Å². The van der Waals surface area contributed by atoms with Crippen LogP contribution in [0.2, 0.25) is 0 Å². The molecular formula is C30H36O2. The van der Waals surface area contributed by atoms with E-state index in [4.69, 9.17) is 0 Å². The summed E-state index contributed by atoms with van der Waals surface area (Å²) >= 11 is 0. The van der Waals surface area contributed by atoms with E-state index in [2.05, 4.69) is 12.1 Å². The summed E-state index contributed by atoms with van der Waals surface area (Å²) in [4.78, 5) is 0. The Morgan fingerprint density at radius 3 is 1.47 bits per heavy atom. The fraction of sp³-hybridized carbons (Fsp3) is 0.667. The zero-order valence-corrected chi connectivity index (χ0v) is 19.2. The molecule has 8 saturated carbocycles. The van der Waals surface area contributed by atoms with Gasteiger partial charge in [-0.25, -0.2) is 0 Å². The van der Waals surface area contributed by atoms with E-state index < -0.39 is 0 Å². The molecule has 32 heavy (non-hydrogen) atoms. The Balaban J connectivity index is 1.35. The molecule has 0 radical (unpaired) electrons. The van der Waals surface area contributed by atoms with Crippen LogP contribution in [0.5, 0.6) is 11.5 Å². The third-order valence-electron chi connectivity index (χ3n) is 11.3. The molecule has 10 rings (SSSR count).